The van der Waals surface area contributed by atoms with E-state index in [9.17, 15) is 4.79 Å². The Bertz CT molecular complexity index is 603. The van der Waals surface area contributed by atoms with Gasteiger partial charge in [0.2, 0.25) is 5.91 Å². The van der Waals surface area contributed by atoms with Crippen LogP contribution in [-0.2, 0) is 18.4 Å². The van der Waals surface area contributed by atoms with Crippen molar-refractivity contribution in [3.63, 3.8) is 0 Å². The summed E-state index contributed by atoms with van der Waals surface area (Å²) < 4.78 is 2.19. The summed E-state index contributed by atoms with van der Waals surface area (Å²) >= 11 is 0. The standard InChI is InChI=1S/C19H31N5O/c1-22-17(14-23-10-3-2-4-11-23)20-21-18(22)16-9-6-12-24(13-16)19(25)15-7-5-8-15/h15-16H,2-14H2,1H3. The van der Waals surface area contributed by atoms with E-state index >= 15 is 0 Å². The van der Waals surface area contributed by atoms with Gasteiger partial charge in [0.15, 0.2) is 0 Å². The molecular formula is C19H31N5O. The quantitative estimate of drug-likeness (QED) is 0.840. The van der Waals surface area contributed by atoms with Crippen LogP contribution in [0.15, 0.2) is 0 Å². The highest BCUT2D eigenvalue weighted by Crippen LogP contribution is 2.32. The van der Waals surface area contributed by atoms with Crippen LogP contribution in [0.2, 0.25) is 0 Å². The van der Waals surface area contributed by atoms with Gasteiger partial charge in [-0.3, -0.25) is 9.69 Å². The zero-order chi connectivity index (χ0) is 17.2. The Kier molecular flexibility index (Phi) is 5.06. The first-order valence-corrected chi connectivity index (χ1v) is 10.1. The number of carbonyl (C=O) groups excluding carboxylic acids is 1. The zero-order valence-electron chi connectivity index (χ0n) is 15.5. The van der Waals surface area contributed by atoms with Crippen molar-refractivity contribution < 1.29 is 4.79 Å². The molecule has 1 aromatic heterocycles. The highest BCUT2D eigenvalue weighted by molar-refractivity contribution is 5.79. The van der Waals surface area contributed by atoms with Crippen molar-refractivity contribution in [1.82, 2.24) is 24.6 Å². The molecule has 0 aromatic carbocycles. The largest absolute Gasteiger partial charge is 0.342 e. The lowest BCUT2D eigenvalue weighted by Crippen LogP contribution is -2.44. The molecule has 0 bridgehead atoms. The van der Waals surface area contributed by atoms with Gasteiger partial charge >= 0.3 is 0 Å². The van der Waals surface area contributed by atoms with Crippen molar-refractivity contribution in [3.05, 3.63) is 11.6 Å². The molecule has 1 saturated carbocycles. The molecular weight excluding hydrogens is 314 g/mol. The minimum Gasteiger partial charge on any atom is -0.342 e. The Morgan fingerprint density at radius 3 is 2.52 bits per heavy atom. The molecule has 3 fully saturated rings. The van der Waals surface area contributed by atoms with E-state index in [2.05, 4.69) is 31.6 Å². The van der Waals surface area contributed by atoms with Gasteiger partial charge in [-0.1, -0.05) is 12.8 Å². The van der Waals surface area contributed by atoms with Crippen molar-refractivity contribution >= 4 is 5.91 Å². The predicted molar refractivity (Wildman–Crippen MR) is 96.0 cm³/mol. The summed E-state index contributed by atoms with van der Waals surface area (Å²) in [5.41, 5.74) is 0. The molecule has 4 rings (SSSR count). The minimum absolute atomic E-state index is 0.299. The van der Waals surface area contributed by atoms with Crippen molar-refractivity contribution in [1.29, 1.82) is 0 Å². The number of rotatable bonds is 4. The molecule has 3 aliphatic rings. The number of piperidine rings is 2. The SMILES string of the molecule is Cn1c(CN2CCCCC2)nnc1C1CCCN(C(=O)C2CCC2)C1. The molecule has 1 aromatic rings. The maximum Gasteiger partial charge on any atom is 0.225 e. The van der Waals surface area contributed by atoms with Crippen LogP contribution in [0, 0.1) is 5.92 Å². The van der Waals surface area contributed by atoms with Crippen LogP contribution in [0.25, 0.3) is 0 Å². The Morgan fingerprint density at radius 2 is 1.80 bits per heavy atom. The Hall–Kier alpha value is -1.43. The number of nitrogens with zero attached hydrogens (tertiary/aromatic N) is 5. The van der Waals surface area contributed by atoms with Crippen LogP contribution in [0.4, 0.5) is 0 Å². The second-order valence-corrected chi connectivity index (χ2v) is 8.12. The molecule has 0 N–H and O–H groups in total. The average Bonchev–Trinajstić information content (AvgIpc) is 2.95. The van der Waals surface area contributed by atoms with Gasteiger partial charge in [0, 0.05) is 32.0 Å². The summed E-state index contributed by atoms with van der Waals surface area (Å²) in [6.45, 7) is 5.00. The first-order chi connectivity index (χ1) is 12.2. The molecule has 3 heterocycles. The molecule has 6 heteroatoms. The monoisotopic (exact) mass is 345 g/mol. The van der Waals surface area contributed by atoms with Crippen LogP contribution < -0.4 is 0 Å². The summed E-state index contributed by atoms with van der Waals surface area (Å²) in [5.74, 6) is 3.16. The molecule has 1 aliphatic carbocycles. The number of carbonyl (C=O) groups is 1. The molecule has 1 amide bonds. The van der Waals surface area contributed by atoms with E-state index in [0.29, 0.717) is 17.7 Å². The van der Waals surface area contributed by atoms with Crippen molar-refractivity contribution in [2.75, 3.05) is 26.2 Å². The molecule has 0 radical (unpaired) electrons. The normalized spacial score (nSPS) is 25.8. The predicted octanol–water partition coefficient (Wildman–Crippen LogP) is 2.31. The number of hydrogen-bond donors (Lipinski definition) is 0. The van der Waals surface area contributed by atoms with Gasteiger partial charge in [0.05, 0.1) is 6.54 Å². The molecule has 0 spiro atoms. The molecule has 1 unspecified atom stereocenters. The summed E-state index contributed by atoms with van der Waals surface area (Å²) in [5, 5.41) is 9.01. The lowest BCUT2D eigenvalue weighted by Gasteiger charge is -2.36. The van der Waals surface area contributed by atoms with E-state index in [4.69, 9.17) is 0 Å². The third kappa shape index (κ3) is 3.59. The first-order valence-electron chi connectivity index (χ1n) is 10.1. The maximum atomic E-state index is 12.6. The number of hydrogen-bond acceptors (Lipinski definition) is 4. The second-order valence-electron chi connectivity index (χ2n) is 8.12. The second kappa shape index (κ2) is 7.44. The Balaban J connectivity index is 1.41. The molecule has 1 atom stereocenters. The van der Waals surface area contributed by atoms with Gasteiger partial charge < -0.3 is 9.47 Å². The number of amides is 1. The van der Waals surface area contributed by atoms with Crippen LogP contribution in [0.3, 0.4) is 0 Å². The number of aromatic nitrogens is 3. The summed E-state index contributed by atoms with van der Waals surface area (Å²) in [6.07, 6.45) is 9.54. The van der Waals surface area contributed by atoms with Crippen LogP contribution >= 0.6 is 0 Å². The first kappa shape index (κ1) is 17.0. The zero-order valence-corrected chi connectivity index (χ0v) is 15.5. The van der Waals surface area contributed by atoms with Crippen molar-refractivity contribution in [2.24, 2.45) is 13.0 Å². The van der Waals surface area contributed by atoms with E-state index in [0.717, 1.165) is 57.0 Å². The van der Waals surface area contributed by atoms with Gasteiger partial charge in [-0.2, -0.15) is 0 Å². The fourth-order valence-corrected chi connectivity index (χ4v) is 4.49. The van der Waals surface area contributed by atoms with Crippen molar-refractivity contribution in [2.45, 2.75) is 63.8 Å². The third-order valence-electron chi connectivity index (χ3n) is 6.37. The van der Waals surface area contributed by atoms with Gasteiger partial charge in [-0.15, -0.1) is 10.2 Å². The van der Waals surface area contributed by atoms with Gasteiger partial charge in [0.25, 0.3) is 0 Å². The lowest BCUT2D eigenvalue weighted by atomic mass is 9.83. The molecule has 6 nitrogen and oxygen atoms in total. The molecule has 138 valence electrons. The summed E-state index contributed by atoms with van der Waals surface area (Å²) in [4.78, 5) is 17.2. The molecule has 2 saturated heterocycles. The fraction of sp³-hybridized carbons (Fsp3) is 0.842. The fourth-order valence-electron chi connectivity index (χ4n) is 4.49. The number of likely N-dealkylation sites (tertiary alicyclic amines) is 2. The Labute approximate surface area is 150 Å². The van der Waals surface area contributed by atoms with Gasteiger partial charge in [-0.05, 0) is 51.6 Å². The highest BCUT2D eigenvalue weighted by Gasteiger charge is 2.34. The highest BCUT2D eigenvalue weighted by atomic mass is 16.2. The van der Waals surface area contributed by atoms with Crippen LogP contribution in [0.1, 0.15) is 68.9 Å². The molecule has 25 heavy (non-hydrogen) atoms. The van der Waals surface area contributed by atoms with Crippen LogP contribution in [-0.4, -0.2) is 56.7 Å². The average molecular weight is 345 g/mol. The maximum absolute atomic E-state index is 12.6. The van der Waals surface area contributed by atoms with Crippen molar-refractivity contribution in [3.8, 4) is 0 Å². The van der Waals surface area contributed by atoms with E-state index in [-0.39, 0.29) is 0 Å². The van der Waals surface area contributed by atoms with E-state index in [1.165, 1.54) is 38.8 Å². The van der Waals surface area contributed by atoms with E-state index < -0.39 is 0 Å². The minimum atomic E-state index is 0.299. The molecule has 2 aliphatic heterocycles. The summed E-state index contributed by atoms with van der Waals surface area (Å²) in [6, 6.07) is 0. The topological polar surface area (TPSA) is 54.3 Å². The smallest absolute Gasteiger partial charge is 0.225 e. The van der Waals surface area contributed by atoms with E-state index in [1.807, 2.05) is 0 Å². The third-order valence-corrected chi connectivity index (χ3v) is 6.37. The lowest BCUT2D eigenvalue weighted by molar-refractivity contribution is -0.139. The van der Waals surface area contributed by atoms with Gasteiger partial charge in [-0.25, -0.2) is 0 Å². The van der Waals surface area contributed by atoms with Crippen LogP contribution in [0.5, 0.6) is 0 Å². The summed E-state index contributed by atoms with van der Waals surface area (Å²) in [7, 11) is 2.10. The van der Waals surface area contributed by atoms with Gasteiger partial charge in [0.1, 0.15) is 11.6 Å². The van der Waals surface area contributed by atoms with E-state index in [1.54, 1.807) is 0 Å². The Morgan fingerprint density at radius 1 is 1.00 bits per heavy atom.